The molecule has 2 unspecified atom stereocenters. The zero-order valence-corrected chi connectivity index (χ0v) is 36.7. The van der Waals surface area contributed by atoms with E-state index in [2.05, 4.69) is 33.9 Å². The second kappa shape index (κ2) is 22.2. The second-order valence-electron chi connectivity index (χ2n) is 17.8. The molecule has 1 saturated heterocycles. The highest BCUT2D eigenvalue weighted by molar-refractivity contribution is 5.92. The van der Waals surface area contributed by atoms with E-state index in [-0.39, 0.29) is 25.5 Å². The Morgan fingerprint density at radius 2 is 1.73 bits per heavy atom. The fraction of sp³-hybridized carbons (Fsp3) is 0.562. The maximum atomic E-state index is 14.9. The van der Waals surface area contributed by atoms with E-state index in [1.165, 1.54) is 11.3 Å². The summed E-state index contributed by atoms with van der Waals surface area (Å²) in [6.07, 6.45) is 11.6. The summed E-state index contributed by atoms with van der Waals surface area (Å²) < 4.78 is 23.4. The lowest BCUT2D eigenvalue weighted by atomic mass is 9.88. The molecule has 1 aliphatic heterocycles. The SMILES string of the molecule is CCC1=CCC([C@@H](NC(=O)OCc2ccccc2)C(=O)N2C[C@H](OCC3CCCCC3)C[C@H]2C(=O)N[C@@H](CCCCNC(=O)OC(C)(C)C)C(O)c2nc3ccccc3o2)C=C1. The van der Waals surface area contributed by atoms with Crippen LogP contribution in [-0.2, 0) is 30.4 Å². The Balaban J connectivity index is 1.22. The van der Waals surface area contributed by atoms with Gasteiger partial charge in [0.1, 0.15) is 29.8 Å². The number of unbranched alkanes of at least 4 members (excludes halogenated alkanes) is 1. The molecule has 336 valence electrons. The number of hydrogen-bond acceptors (Lipinski definition) is 10. The van der Waals surface area contributed by atoms with Gasteiger partial charge in [-0.1, -0.05) is 92.5 Å². The fourth-order valence-corrected chi connectivity index (χ4v) is 8.42. The number of amides is 4. The van der Waals surface area contributed by atoms with Crippen LogP contribution in [0.15, 0.2) is 82.8 Å². The fourth-order valence-electron chi connectivity index (χ4n) is 8.42. The van der Waals surface area contributed by atoms with Crippen LogP contribution in [0.25, 0.3) is 11.1 Å². The van der Waals surface area contributed by atoms with Crippen LogP contribution in [0.3, 0.4) is 0 Å². The number of aliphatic hydroxyl groups is 1. The molecule has 6 atom stereocenters. The first kappa shape index (κ1) is 46.3. The Bertz CT molecular complexity index is 1970. The van der Waals surface area contributed by atoms with Crippen molar-refractivity contribution in [1.82, 2.24) is 25.8 Å². The minimum absolute atomic E-state index is 0.0284. The molecule has 14 nitrogen and oxygen atoms in total. The normalized spacial score (nSPS) is 20.8. The van der Waals surface area contributed by atoms with Gasteiger partial charge in [-0.15, -0.1) is 0 Å². The van der Waals surface area contributed by atoms with Crippen molar-refractivity contribution in [2.45, 2.75) is 141 Å². The molecule has 1 saturated carbocycles. The van der Waals surface area contributed by atoms with Gasteiger partial charge >= 0.3 is 12.2 Å². The van der Waals surface area contributed by atoms with Gasteiger partial charge in [-0.3, -0.25) is 9.59 Å². The number of para-hydroxylation sites is 2. The summed E-state index contributed by atoms with van der Waals surface area (Å²) in [7, 11) is 0. The second-order valence-corrected chi connectivity index (χ2v) is 17.8. The predicted octanol–water partition coefficient (Wildman–Crippen LogP) is 7.81. The Hall–Kier alpha value is -5.21. The monoisotopic (exact) mass is 855 g/mol. The lowest BCUT2D eigenvalue weighted by molar-refractivity contribution is -0.141. The molecule has 0 radical (unpaired) electrons. The summed E-state index contributed by atoms with van der Waals surface area (Å²) in [4.78, 5) is 61.4. The summed E-state index contributed by atoms with van der Waals surface area (Å²) in [5, 5.41) is 20.5. The molecular weight excluding hydrogens is 791 g/mol. The molecular formula is C48H65N5O9. The number of rotatable bonds is 18. The number of likely N-dealkylation sites (tertiary alicyclic amines) is 1. The largest absolute Gasteiger partial charge is 0.445 e. The van der Waals surface area contributed by atoms with Gasteiger partial charge in [0.15, 0.2) is 11.7 Å². The molecule has 3 aromatic rings. The van der Waals surface area contributed by atoms with Crippen molar-refractivity contribution in [3.05, 3.63) is 89.9 Å². The number of allylic oxidation sites excluding steroid dienone is 3. The van der Waals surface area contributed by atoms with Crippen LogP contribution >= 0.6 is 0 Å². The third-order valence-corrected chi connectivity index (χ3v) is 11.8. The average Bonchev–Trinajstić information content (AvgIpc) is 3.91. The number of alkyl carbamates (subject to hydrolysis) is 2. The summed E-state index contributed by atoms with van der Waals surface area (Å²) in [6, 6.07) is 13.6. The first-order chi connectivity index (χ1) is 29.9. The summed E-state index contributed by atoms with van der Waals surface area (Å²) >= 11 is 0. The van der Waals surface area contributed by atoms with Crippen molar-refractivity contribution >= 4 is 35.1 Å². The highest BCUT2D eigenvalue weighted by Gasteiger charge is 2.45. The van der Waals surface area contributed by atoms with Gasteiger partial charge in [0.2, 0.25) is 17.7 Å². The first-order valence-corrected chi connectivity index (χ1v) is 22.4. The number of carbonyl (C=O) groups excluding carboxylic acids is 4. The lowest BCUT2D eigenvalue weighted by Crippen LogP contribution is -2.57. The van der Waals surface area contributed by atoms with Gasteiger partial charge < -0.3 is 44.6 Å². The molecule has 14 heteroatoms. The number of oxazole rings is 1. The first-order valence-electron chi connectivity index (χ1n) is 22.4. The topological polar surface area (TPSA) is 182 Å². The van der Waals surface area contributed by atoms with E-state index >= 15 is 0 Å². The number of aromatic nitrogens is 1. The quantitative estimate of drug-likeness (QED) is 0.0922. The third kappa shape index (κ3) is 13.4. The molecule has 2 aromatic carbocycles. The minimum atomic E-state index is -1.32. The van der Waals surface area contributed by atoms with E-state index in [9.17, 15) is 24.3 Å². The number of hydrogen-bond donors (Lipinski definition) is 4. The van der Waals surface area contributed by atoms with Gasteiger partial charge in [0.05, 0.1) is 12.1 Å². The van der Waals surface area contributed by atoms with Crippen molar-refractivity contribution in [2.75, 3.05) is 19.7 Å². The van der Waals surface area contributed by atoms with Crippen LogP contribution in [0.2, 0.25) is 0 Å². The van der Waals surface area contributed by atoms with E-state index in [1.54, 1.807) is 32.9 Å². The van der Waals surface area contributed by atoms with E-state index in [0.29, 0.717) is 55.9 Å². The van der Waals surface area contributed by atoms with Crippen LogP contribution in [-0.4, -0.2) is 88.5 Å². The number of fused-ring (bicyclic) bond motifs is 1. The molecule has 2 aliphatic carbocycles. The smallest absolute Gasteiger partial charge is 0.408 e. The van der Waals surface area contributed by atoms with Crippen molar-refractivity contribution in [3.63, 3.8) is 0 Å². The number of benzene rings is 2. The summed E-state index contributed by atoms with van der Waals surface area (Å²) in [5.74, 6) is -0.804. The van der Waals surface area contributed by atoms with Crippen LogP contribution in [0, 0.1) is 11.8 Å². The van der Waals surface area contributed by atoms with Gasteiger partial charge in [-0.2, -0.15) is 0 Å². The Morgan fingerprint density at radius 1 is 0.968 bits per heavy atom. The Kier molecular flexibility index (Phi) is 16.6. The number of ether oxygens (including phenoxy) is 3. The zero-order chi connectivity index (χ0) is 44.1. The van der Waals surface area contributed by atoms with Crippen LogP contribution in [0.5, 0.6) is 0 Å². The summed E-state index contributed by atoms with van der Waals surface area (Å²) in [5.41, 5.74) is 2.37. The third-order valence-electron chi connectivity index (χ3n) is 11.8. The molecule has 4 N–H and O–H groups in total. The van der Waals surface area contributed by atoms with Crippen molar-refractivity contribution in [1.29, 1.82) is 0 Å². The number of nitrogens with zero attached hydrogens (tertiary/aromatic N) is 2. The molecule has 62 heavy (non-hydrogen) atoms. The van der Waals surface area contributed by atoms with Crippen molar-refractivity contribution < 1.29 is 42.9 Å². The van der Waals surface area contributed by atoms with E-state index in [4.69, 9.17) is 18.6 Å². The maximum absolute atomic E-state index is 14.9. The molecule has 2 fully saturated rings. The van der Waals surface area contributed by atoms with Gasteiger partial charge in [0.25, 0.3) is 0 Å². The summed E-state index contributed by atoms with van der Waals surface area (Å²) in [6.45, 7) is 8.50. The van der Waals surface area contributed by atoms with Crippen LogP contribution < -0.4 is 16.0 Å². The highest BCUT2D eigenvalue weighted by Crippen LogP contribution is 2.31. The average molecular weight is 856 g/mol. The molecule has 2 heterocycles. The number of aliphatic hydroxyl groups excluding tert-OH is 1. The van der Waals surface area contributed by atoms with E-state index in [1.807, 2.05) is 54.6 Å². The van der Waals surface area contributed by atoms with Crippen LogP contribution in [0.4, 0.5) is 9.59 Å². The lowest BCUT2D eigenvalue weighted by Gasteiger charge is -2.33. The van der Waals surface area contributed by atoms with E-state index in [0.717, 1.165) is 43.2 Å². The van der Waals surface area contributed by atoms with Gasteiger partial charge in [0, 0.05) is 32.0 Å². The molecule has 4 amide bonds. The highest BCUT2D eigenvalue weighted by atomic mass is 16.6. The predicted molar refractivity (Wildman–Crippen MR) is 235 cm³/mol. The van der Waals surface area contributed by atoms with Gasteiger partial charge in [-0.05, 0) is 89.3 Å². The Labute approximate surface area is 365 Å². The molecule has 0 spiro atoms. The molecule has 3 aliphatic rings. The van der Waals surface area contributed by atoms with E-state index < -0.39 is 65.9 Å². The van der Waals surface area contributed by atoms with Crippen molar-refractivity contribution in [2.24, 2.45) is 11.8 Å². The molecule has 6 rings (SSSR count). The zero-order valence-electron chi connectivity index (χ0n) is 36.7. The number of carbonyl (C=O) groups is 4. The molecule has 1 aromatic heterocycles. The standard InChI is InChI=1S/C48H65N5O9/c1-5-32-23-25-35(26-24-32)41(52-47(58)60-31-34-18-10-7-11-19-34)45(56)53-29-36(59-30-33-16-8-6-9-17-33)28-39(53)43(55)50-38(21-14-15-27-49-46(57)62-48(2,3)4)42(54)44-51-37-20-12-13-22-40(37)61-44/h7,10-13,18-20,22-25,33,35-36,38-39,41-42,54H,5-6,8-9,14-17,21,26-31H2,1-4H3,(H,49,57)(H,50,55)(H,52,58)/t35?,36-,38+,39+,41-,42?/m1/s1. The number of nitrogens with one attached hydrogen (secondary N) is 3. The Morgan fingerprint density at radius 3 is 2.44 bits per heavy atom. The minimum Gasteiger partial charge on any atom is -0.445 e. The van der Waals surface area contributed by atoms with Crippen molar-refractivity contribution in [3.8, 4) is 0 Å². The van der Waals surface area contributed by atoms with Crippen LogP contribution in [0.1, 0.15) is 116 Å². The van der Waals surface area contributed by atoms with Gasteiger partial charge in [-0.25, -0.2) is 14.6 Å². The molecule has 0 bridgehead atoms. The maximum Gasteiger partial charge on any atom is 0.408 e.